The summed E-state index contributed by atoms with van der Waals surface area (Å²) in [4.78, 5) is 11.0. The molecule has 1 unspecified atom stereocenters. The van der Waals surface area contributed by atoms with Crippen LogP contribution in [0.5, 0.6) is 11.5 Å². The highest BCUT2D eigenvalue weighted by molar-refractivity contribution is 5.69. The molecule has 1 atom stereocenters. The van der Waals surface area contributed by atoms with Crippen molar-refractivity contribution >= 4 is 5.97 Å². The molecule has 22 heavy (non-hydrogen) atoms. The Labute approximate surface area is 131 Å². The molecule has 1 heterocycles. The Balaban J connectivity index is 2.23. The highest BCUT2D eigenvalue weighted by Crippen LogP contribution is 2.35. The topological polar surface area (TPSA) is 67.8 Å². The Morgan fingerprint density at radius 3 is 2.77 bits per heavy atom. The Hall–Kier alpha value is -1.75. The molecule has 1 aromatic carbocycles. The third-order valence-electron chi connectivity index (χ3n) is 4.08. The van der Waals surface area contributed by atoms with Crippen molar-refractivity contribution in [3.63, 3.8) is 0 Å². The Bertz CT molecular complexity index is 521. The fraction of sp³-hybridized carbons (Fsp3) is 0.588. The molecule has 0 aliphatic carbocycles. The summed E-state index contributed by atoms with van der Waals surface area (Å²) in [6, 6.07) is 5.68. The van der Waals surface area contributed by atoms with Crippen molar-refractivity contribution in [2.75, 3.05) is 20.2 Å². The summed E-state index contributed by atoms with van der Waals surface area (Å²) in [5.41, 5.74) is 0.482. The van der Waals surface area contributed by atoms with Crippen molar-refractivity contribution in [1.29, 1.82) is 0 Å². The predicted octanol–water partition coefficient (Wildman–Crippen LogP) is 2.58. The molecule has 2 rings (SSSR count). The molecule has 1 aliphatic heterocycles. The van der Waals surface area contributed by atoms with Crippen molar-refractivity contribution in [3.05, 3.63) is 23.8 Å². The average molecular weight is 307 g/mol. The fourth-order valence-electron chi connectivity index (χ4n) is 2.77. The maximum atomic E-state index is 11.0. The summed E-state index contributed by atoms with van der Waals surface area (Å²) < 4.78 is 11.5. The number of rotatable bonds is 6. The number of benzene rings is 1. The minimum atomic E-state index is -0.806. The van der Waals surface area contributed by atoms with E-state index in [1.54, 1.807) is 7.11 Å². The number of carbonyl (C=O) groups is 1. The van der Waals surface area contributed by atoms with Crippen LogP contribution in [-0.4, -0.2) is 37.4 Å². The van der Waals surface area contributed by atoms with Crippen LogP contribution >= 0.6 is 0 Å². The summed E-state index contributed by atoms with van der Waals surface area (Å²) in [7, 11) is 1.61. The van der Waals surface area contributed by atoms with E-state index >= 15 is 0 Å². The maximum Gasteiger partial charge on any atom is 0.304 e. The van der Waals surface area contributed by atoms with Crippen molar-refractivity contribution in [2.24, 2.45) is 0 Å². The van der Waals surface area contributed by atoms with Gasteiger partial charge in [-0.25, -0.2) is 0 Å². The average Bonchev–Trinajstić information content (AvgIpc) is 2.47. The number of carboxylic acids is 1. The van der Waals surface area contributed by atoms with E-state index in [-0.39, 0.29) is 12.5 Å². The molecule has 5 nitrogen and oxygen atoms in total. The molecule has 0 radical (unpaired) electrons. The highest BCUT2D eigenvalue weighted by Gasteiger charge is 2.26. The van der Waals surface area contributed by atoms with E-state index in [1.165, 1.54) is 0 Å². The summed E-state index contributed by atoms with van der Waals surface area (Å²) >= 11 is 0. The van der Waals surface area contributed by atoms with Gasteiger partial charge in [-0.3, -0.25) is 4.79 Å². The van der Waals surface area contributed by atoms with Gasteiger partial charge < -0.3 is 19.9 Å². The molecule has 122 valence electrons. The first-order valence-corrected chi connectivity index (χ1v) is 7.70. The van der Waals surface area contributed by atoms with Crippen molar-refractivity contribution in [1.82, 2.24) is 5.32 Å². The van der Waals surface area contributed by atoms with Crippen LogP contribution in [0.2, 0.25) is 0 Å². The number of hydrogen-bond acceptors (Lipinski definition) is 4. The quantitative estimate of drug-likeness (QED) is 0.845. The van der Waals surface area contributed by atoms with Gasteiger partial charge in [0.15, 0.2) is 11.5 Å². The molecule has 1 saturated heterocycles. The van der Waals surface area contributed by atoms with Crippen LogP contribution in [0.4, 0.5) is 0 Å². The van der Waals surface area contributed by atoms with Crippen molar-refractivity contribution < 1.29 is 19.4 Å². The van der Waals surface area contributed by atoms with Crippen LogP contribution in [-0.2, 0) is 10.2 Å². The van der Waals surface area contributed by atoms with E-state index in [4.69, 9.17) is 14.6 Å². The Morgan fingerprint density at radius 2 is 2.18 bits per heavy atom. The molecular weight excluding hydrogens is 282 g/mol. The number of aliphatic carboxylic acids is 1. The summed E-state index contributed by atoms with van der Waals surface area (Å²) in [5.74, 6) is 0.562. The number of methoxy groups -OCH3 is 1. The van der Waals surface area contributed by atoms with Crippen LogP contribution < -0.4 is 14.8 Å². The normalized spacial score (nSPS) is 18.8. The van der Waals surface area contributed by atoms with Crippen LogP contribution in [0.1, 0.15) is 38.7 Å². The SMILES string of the molecule is COc1ccc(C(C)(C)CC(=O)O)cc1OC1CCCNC1. The highest BCUT2D eigenvalue weighted by atomic mass is 16.5. The van der Waals surface area contributed by atoms with Crippen molar-refractivity contribution in [3.8, 4) is 11.5 Å². The van der Waals surface area contributed by atoms with Gasteiger partial charge in [-0.05, 0) is 37.1 Å². The van der Waals surface area contributed by atoms with E-state index in [0.717, 1.165) is 31.5 Å². The van der Waals surface area contributed by atoms with Gasteiger partial charge in [0.05, 0.1) is 13.5 Å². The van der Waals surface area contributed by atoms with E-state index in [2.05, 4.69) is 5.32 Å². The van der Waals surface area contributed by atoms with Gasteiger partial charge in [0.2, 0.25) is 0 Å². The lowest BCUT2D eigenvalue weighted by Gasteiger charge is -2.27. The number of ether oxygens (including phenoxy) is 2. The third-order valence-corrected chi connectivity index (χ3v) is 4.08. The first-order valence-electron chi connectivity index (χ1n) is 7.70. The van der Waals surface area contributed by atoms with Gasteiger partial charge in [-0.15, -0.1) is 0 Å². The Kier molecular flexibility index (Phi) is 5.29. The molecule has 2 N–H and O–H groups in total. The van der Waals surface area contributed by atoms with Gasteiger partial charge in [0.25, 0.3) is 0 Å². The van der Waals surface area contributed by atoms with Gasteiger partial charge in [-0.2, -0.15) is 0 Å². The second-order valence-corrected chi connectivity index (χ2v) is 6.41. The number of piperidine rings is 1. The third kappa shape index (κ3) is 4.13. The minimum absolute atomic E-state index is 0.0732. The smallest absolute Gasteiger partial charge is 0.304 e. The van der Waals surface area contributed by atoms with E-state index in [0.29, 0.717) is 11.5 Å². The first kappa shape index (κ1) is 16.6. The van der Waals surface area contributed by atoms with E-state index in [1.807, 2.05) is 32.0 Å². The molecule has 5 heteroatoms. The number of hydrogen-bond donors (Lipinski definition) is 2. The first-order chi connectivity index (χ1) is 10.4. The molecule has 1 aromatic rings. The zero-order valence-electron chi connectivity index (χ0n) is 13.5. The standard InChI is InChI=1S/C17H25NO4/c1-17(2,10-16(19)20)12-6-7-14(21-3)15(9-12)22-13-5-4-8-18-11-13/h6-7,9,13,18H,4-5,8,10-11H2,1-3H3,(H,19,20). The zero-order valence-corrected chi connectivity index (χ0v) is 13.5. The molecule has 0 aromatic heterocycles. The lowest BCUT2D eigenvalue weighted by molar-refractivity contribution is -0.138. The second kappa shape index (κ2) is 7.01. The van der Waals surface area contributed by atoms with Crippen LogP contribution in [0, 0.1) is 0 Å². The predicted molar refractivity (Wildman–Crippen MR) is 84.8 cm³/mol. The zero-order chi connectivity index (χ0) is 16.2. The second-order valence-electron chi connectivity index (χ2n) is 6.41. The van der Waals surface area contributed by atoms with Crippen molar-refractivity contribution in [2.45, 2.75) is 44.6 Å². The van der Waals surface area contributed by atoms with E-state index < -0.39 is 11.4 Å². The summed E-state index contributed by atoms with van der Waals surface area (Å²) in [5, 5.41) is 12.4. The minimum Gasteiger partial charge on any atom is -0.493 e. The summed E-state index contributed by atoms with van der Waals surface area (Å²) in [6.07, 6.45) is 2.31. The summed E-state index contributed by atoms with van der Waals surface area (Å²) in [6.45, 7) is 5.71. The molecule has 0 bridgehead atoms. The molecule has 0 saturated carbocycles. The number of nitrogens with one attached hydrogen (secondary N) is 1. The molecule has 1 aliphatic rings. The van der Waals surface area contributed by atoms with Gasteiger partial charge >= 0.3 is 5.97 Å². The fourth-order valence-corrected chi connectivity index (χ4v) is 2.77. The van der Waals surface area contributed by atoms with Gasteiger partial charge in [0.1, 0.15) is 6.10 Å². The molecule has 1 fully saturated rings. The number of carboxylic acid groups (broad SMARTS) is 1. The lowest BCUT2D eigenvalue weighted by atomic mass is 9.81. The molecular formula is C17H25NO4. The molecule has 0 spiro atoms. The largest absolute Gasteiger partial charge is 0.493 e. The Morgan fingerprint density at radius 1 is 1.41 bits per heavy atom. The van der Waals surface area contributed by atoms with Gasteiger partial charge in [-0.1, -0.05) is 19.9 Å². The van der Waals surface area contributed by atoms with Crippen LogP contribution in [0.3, 0.4) is 0 Å². The lowest BCUT2D eigenvalue weighted by Crippen LogP contribution is -2.37. The maximum absolute atomic E-state index is 11.0. The monoisotopic (exact) mass is 307 g/mol. The van der Waals surface area contributed by atoms with Gasteiger partial charge in [0, 0.05) is 12.0 Å². The van der Waals surface area contributed by atoms with Crippen LogP contribution in [0.15, 0.2) is 18.2 Å². The van der Waals surface area contributed by atoms with Crippen LogP contribution in [0.25, 0.3) is 0 Å². The van der Waals surface area contributed by atoms with E-state index in [9.17, 15) is 4.79 Å². The molecule has 0 amide bonds.